The number of hydrogen-bond acceptors (Lipinski definition) is 5. The minimum Gasteiger partial charge on any atom is -0.356 e. The number of nitrogens with one attached hydrogen (secondary N) is 4. The molecule has 0 heterocycles. The van der Waals surface area contributed by atoms with Gasteiger partial charge in [0.1, 0.15) is 5.78 Å². The molecule has 0 fully saturated rings. The van der Waals surface area contributed by atoms with Crippen molar-refractivity contribution in [3.8, 4) is 0 Å². The number of hydrogen-bond donors (Lipinski definition) is 4. The Balaban J connectivity index is 1.25. The van der Waals surface area contributed by atoms with Crippen molar-refractivity contribution in [2.75, 3.05) is 21.3 Å². The molecule has 4 aromatic rings. The summed E-state index contributed by atoms with van der Waals surface area (Å²) in [5.74, 6) is -0.0732. The molecule has 0 unspecified atom stereocenters. The van der Waals surface area contributed by atoms with Gasteiger partial charge < -0.3 is 21.3 Å². The first kappa shape index (κ1) is 26.5. The molecule has 0 aliphatic carbocycles. The fourth-order valence-electron chi connectivity index (χ4n) is 3.76. The normalized spacial score (nSPS) is 10.9. The Morgan fingerprint density at radius 3 is 1.21 bits per heavy atom. The van der Waals surface area contributed by atoms with E-state index in [1.165, 1.54) is 0 Å². The lowest BCUT2D eigenvalue weighted by molar-refractivity contribution is -0.128. The van der Waals surface area contributed by atoms with Crippen molar-refractivity contribution >= 4 is 51.5 Å². The third-order valence-corrected chi connectivity index (χ3v) is 5.99. The summed E-state index contributed by atoms with van der Waals surface area (Å²) in [5, 5.41) is 13.0. The minimum atomic E-state index is -0.423. The van der Waals surface area contributed by atoms with Gasteiger partial charge in [0.2, 0.25) is 5.91 Å². The second-order valence-corrected chi connectivity index (χ2v) is 10.2. The fourth-order valence-corrected chi connectivity index (χ4v) is 3.76. The molecule has 4 N–H and O–H groups in total. The van der Waals surface area contributed by atoms with Gasteiger partial charge in [-0.1, -0.05) is 39.0 Å². The van der Waals surface area contributed by atoms with Crippen LogP contribution in [0.15, 0.2) is 103 Å². The number of amides is 1. The van der Waals surface area contributed by atoms with Crippen molar-refractivity contribution in [3.05, 3.63) is 103 Å². The second kappa shape index (κ2) is 12.1. The number of rotatable bonds is 10. The lowest BCUT2D eigenvalue weighted by Crippen LogP contribution is -2.22. The van der Waals surface area contributed by atoms with E-state index in [9.17, 15) is 9.59 Å². The molecule has 4 rings (SSSR count). The van der Waals surface area contributed by atoms with Crippen LogP contribution in [0.4, 0.5) is 39.8 Å². The van der Waals surface area contributed by atoms with Gasteiger partial charge in [-0.2, -0.15) is 0 Å². The van der Waals surface area contributed by atoms with Crippen LogP contribution < -0.4 is 21.3 Å². The smallest absolute Gasteiger partial charge is 0.224 e. The third kappa shape index (κ3) is 7.96. The van der Waals surface area contributed by atoms with Crippen molar-refractivity contribution < 1.29 is 9.59 Å². The number of carbonyl (C=O) groups excluding carboxylic acids is 2. The highest BCUT2D eigenvalue weighted by molar-refractivity contribution is 5.94. The van der Waals surface area contributed by atoms with Gasteiger partial charge in [-0.3, -0.25) is 9.59 Å². The fraction of sp³-hybridized carbons (Fsp3) is 0.188. The van der Waals surface area contributed by atoms with Crippen LogP contribution >= 0.6 is 0 Å². The second-order valence-electron chi connectivity index (χ2n) is 10.2. The van der Waals surface area contributed by atoms with Gasteiger partial charge in [-0.05, 0) is 84.9 Å². The Kier molecular flexibility index (Phi) is 8.44. The molecule has 6 heteroatoms. The van der Waals surface area contributed by atoms with Crippen molar-refractivity contribution in [3.63, 3.8) is 0 Å². The highest BCUT2D eigenvalue weighted by Gasteiger charge is 2.21. The van der Waals surface area contributed by atoms with Crippen molar-refractivity contribution in [2.45, 2.75) is 33.6 Å². The van der Waals surface area contributed by atoms with Crippen LogP contribution in [0.25, 0.3) is 0 Å². The van der Waals surface area contributed by atoms with Crippen LogP contribution in [0.3, 0.4) is 0 Å². The minimum absolute atomic E-state index is 0.0856. The van der Waals surface area contributed by atoms with Gasteiger partial charge >= 0.3 is 0 Å². The zero-order chi connectivity index (χ0) is 27.0. The van der Waals surface area contributed by atoms with Gasteiger partial charge in [0.25, 0.3) is 0 Å². The van der Waals surface area contributed by atoms with Crippen molar-refractivity contribution in [1.82, 2.24) is 0 Å². The molecular formula is C32H34N4O2. The van der Waals surface area contributed by atoms with E-state index in [1.54, 1.807) is 0 Å². The van der Waals surface area contributed by atoms with Crippen LogP contribution in [0, 0.1) is 5.41 Å². The molecular weight excluding hydrogens is 472 g/mol. The highest BCUT2D eigenvalue weighted by atomic mass is 16.2. The van der Waals surface area contributed by atoms with E-state index in [4.69, 9.17) is 0 Å². The SMILES string of the molecule is CC(C)(C)C(=O)CCC(=O)Nc1ccc(Nc2ccc(Nc3ccc(Nc4ccccc4)cc3)cc2)cc1. The maximum atomic E-state index is 12.2. The summed E-state index contributed by atoms with van der Waals surface area (Å²) in [5.41, 5.74) is 6.22. The van der Waals surface area contributed by atoms with Gasteiger partial charge in [0.15, 0.2) is 0 Å². The number of benzene rings is 4. The molecule has 0 aromatic heterocycles. The molecule has 0 aliphatic heterocycles. The van der Waals surface area contributed by atoms with Gasteiger partial charge in [0.05, 0.1) is 0 Å². The number of anilines is 7. The van der Waals surface area contributed by atoms with E-state index in [-0.39, 0.29) is 24.5 Å². The third-order valence-electron chi connectivity index (χ3n) is 5.99. The summed E-state index contributed by atoms with van der Waals surface area (Å²) in [7, 11) is 0. The molecule has 0 saturated heterocycles. The molecule has 38 heavy (non-hydrogen) atoms. The average molecular weight is 507 g/mol. The number of carbonyl (C=O) groups is 2. The number of para-hydroxylation sites is 1. The van der Waals surface area contributed by atoms with Gasteiger partial charge in [0, 0.05) is 58.1 Å². The monoisotopic (exact) mass is 506 g/mol. The molecule has 0 radical (unpaired) electrons. The van der Waals surface area contributed by atoms with Crippen LogP contribution in [0.1, 0.15) is 33.6 Å². The molecule has 0 bridgehead atoms. The summed E-state index contributed by atoms with van der Waals surface area (Å²) in [6, 6.07) is 33.8. The quantitative estimate of drug-likeness (QED) is 0.174. The summed E-state index contributed by atoms with van der Waals surface area (Å²) < 4.78 is 0. The summed E-state index contributed by atoms with van der Waals surface area (Å²) in [4.78, 5) is 24.2. The van der Waals surface area contributed by atoms with E-state index in [0.29, 0.717) is 5.69 Å². The standard InChI is InChI=1S/C32H34N4O2/c1-32(2,3)30(37)21-22-31(38)36-29-19-17-28(18-20-29)35-27-15-13-26(14-16-27)34-25-11-9-24(10-12-25)33-23-7-5-4-6-8-23/h4-20,33-35H,21-22H2,1-3H3,(H,36,38). The highest BCUT2D eigenvalue weighted by Crippen LogP contribution is 2.25. The summed E-state index contributed by atoms with van der Waals surface area (Å²) in [6.45, 7) is 5.60. The first-order valence-electron chi connectivity index (χ1n) is 12.7. The zero-order valence-electron chi connectivity index (χ0n) is 22.0. The van der Waals surface area contributed by atoms with Crippen LogP contribution in [-0.2, 0) is 9.59 Å². The largest absolute Gasteiger partial charge is 0.356 e. The lowest BCUT2D eigenvalue weighted by Gasteiger charge is -2.16. The van der Waals surface area contributed by atoms with Crippen molar-refractivity contribution in [2.24, 2.45) is 5.41 Å². The summed E-state index contributed by atoms with van der Waals surface area (Å²) in [6.07, 6.45) is 0.432. The van der Waals surface area contributed by atoms with E-state index in [0.717, 1.165) is 34.1 Å². The number of Topliss-reactive ketones (excluding diaryl/α,β-unsaturated/α-hetero) is 1. The topological polar surface area (TPSA) is 82.3 Å². The lowest BCUT2D eigenvalue weighted by atomic mass is 9.88. The Hall–Kier alpha value is -4.58. The molecule has 6 nitrogen and oxygen atoms in total. The number of ketones is 1. The summed E-state index contributed by atoms with van der Waals surface area (Å²) >= 11 is 0. The van der Waals surface area contributed by atoms with Gasteiger partial charge in [-0.25, -0.2) is 0 Å². The van der Waals surface area contributed by atoms with Crippen LogP contribution in [0.2, 0.25) is 0 Å². The van der Waals surface area contributed by atoms with E-state index in [2.05, 4.69) is 21.3 Å². The average Bonchev–Trinajstić information content (AvgIpc) is 2.91. The first-order valence-corrected chi connectivity index (χ1v) is 12.7. The maximum absolute atomic E-state index is 12.2. The first-order chi connectivity index (χ1) is 18.2. The molecule has 1 amide bonds. The molecule has 0 aliphatic rings. The van der Waals surface area contributed by atoms with Crippen molar-refractivity contribution in [1.29, 1.82) is 0 Å². The van der Waals surface area contributed by atoms with E-state index in [1.807, 2.05) is 124 Å². The van der Waals surface area contributed by atoms with Crippen LogP contribution in [-0.4, -0.2) is 11.7 Å². The molecule has 194 valence electrons. The molecule has 4 aromatic carbocycles. The van der Waals surface area contributed by atoms with E-state index < -0.39 is 5.41 Å². The molecule has 0 atom stereocenters. The Morgan fingerprint density at radius 1 is 0.500 bits per heavy atom. The Labute approximate surface area is 224 Å². The van der Waals surface area contributed by atoms with Gasteiger partial charge in [-0.15, -0.1) is 0 Å². The van der Waals surface area contributed by atoms with E-state index >= 15 is 0 Å². The predicted octanol–water partition coefficient (Wildman–Crippen LogP) is 8.25. The Bertz CT molecular complexity index is 1340. The van der Waals surface area contributed by atoms with Crippen LogP contribution in [0.5, 0.6) is 0 Å². The zero-order valence-corrected chi connectivity index (χ0v) is 22.0. The molecule has 0 saturated carbocycles. The maximum Gasteiger partial charge on any atom is 0.224 e. The molecule has 0 spiro atoms. The Morgan fingerprint density at radius 2 is 0.842 bits per heavy atom. The predicted molar refractivity (Wildman–Crippen MR) is 158 cm³/mol.